The van der Waals surface area contributed by atoms with Crippen LogP contribution < -0.4 is 0 Å². The van der Waals surface area contributed by atoms with E-state index in [0.717, 1.165) is 33.7 Å². The van der Waals surface area contributed by atoms with Crippen LogP contribution in [0.5, 0.6) is 0 Å². The molecule has 3 atom stereocenters. The fraction of sp³-hybridized carbons (Fsp3) is 0.481. The Balaban J connectivity index is 1.26. The number of aromatic nitrogens is 2. The van der Waals surface area contributed by atoms with Crippen molar-refractivity contribution in [1.82, 2.24) is 19.8 Å². The zero-order valence-electron chi connectivity index (χ0n) is 21.2. The van der Waals surface area contributed by atoms with E-state index in [4.69, 9.17) is 21.3 Å². The van der Waals surface area contributed by atoms with Crippen LogP contribution in [-0.2, 0) is 4.74 Å². The molecule has 0 spiro atoms. The smallest absolute Gasteiger partial charge is 0.410 e. The molecule has 0 N–H and O–H groups in total. The largest absolute Gasteiger partial charge is 0.444 e. The van der Waals surface area contributed by atoms with Gasteiger partial charge >= 0.3 is 6.09 Å². The summed E-state index contributed by atoms with van der Waals surface area (Å²) < 4.78 is 5.48. The van der Waals surface area contributed by atoms with Crippen molar-refractivity contribution in [3.05, 3.63) is 57.3 Å². The van der Waals surface area contributed by atoms with Crippen LogP contribution in [0, 0.1) is 6.92 Å². The molecule has 0 bridgehead atoms. The van der Waals surface area contributed by atoms with E-state index in [1.807, 2.05) is 39.8 Å². The van der Waals surface area contributed by atoms with E-state index in [9.17, 15) is 9.59 Å². The Kier molecular flexibility index (Phi) is 6.45. The molecular weight excluding hydrogens is 496 g/mol. The minimum atomic E-state index is -0.544. The summed E-state index contributed by atoms with van der Waals surface area (Å²) in [6.07, 6.45) is 1.36. The van der Waals surface area contributed by atoms with Crippen LogP contribution in [0.1, 0.15) is 72.9 Å². The van der Waals surface area contributed by atoms with E-state index in [0.29, 0.717) is 36.0 Å². The van der Waals surface area contributed by atoms with Crippen LogP contribution in [0.25, 0.3) is 10.2 Å². The number of carbonyl (C=O) groups is 2. The quantitative estimate of drug-likeness (QED) is 0.416. The molecule has 190 valence electrons. The molecule has 2 aromatic heterocycles. The summed E-state index contributed by atoms with van der Waals surface area (Å²) in [5.41, 5.74) is 2.16. The second-order valence-corrected chi connectivity index (χ2v) is 12.1. The lowest BCUT2D eigenvalue weighted by Gasteiger charge is -2.27. The minimum absolute atomic E-state index is 0.0645. The van der Waals surface area contributed by atoms with Gasteiger partial charge in [0.1, 0.15) is 16.3 Å². The van der Waals surface area contributed by atoms with Crippen molar-refractivity contribution in [3.8, 4) is 0 Å². The highest BCUT2D eigenvalue weighted by Crippen LogP contribution is 2.57. The SMILES string of the molecule is Cc1nc(C2CC2c2ccc(C(=O)N(C)[C@H]3CCN(C(=O)OC(C)(C)C)C3)cc2Cl)c2ccsc2n1. The Hall–Kier alpha value is -2.71. The Morgan fingerprint density at radius 1 is 1.19 bits per heavy atom. The molecule has 3 aromatic rings. The van der Waals surface area contributed by atoms with Crippen LogP contribution in [0.4, 0.5) is 4.79 Å². The Morgan fingerprint density at radius 2 is 1.97 bits per heavy atom. The number of likely N-dealkylation sites (tertiary alicyclic amines) is 1. The number of nitrogens with zero attached hydrogens (tertiary/aromatic N) is 4. The van der Waals surface area contributed by atoms with Gasteiger partial charge in [0.2, 0.25) is 0 Å². The van der Waals surface area contributed by atoms with Crippen molar-refractivity contribution in [2.45, 2.75) is 64.0 Å². The topological polar surface area (TPSA) is 75.6 Å². The summed E-state index contributed by atoms with van der Waals surface area (Å²) in [5, 5.41) is 3.79. The van der Waals surface area contributed by atoms with Crippen molar-refractivity contribution in [2.75, 3.05) is 20.1 Å². The molecule has 1 saturated heterocycles. The van der Waals surface area contributed by atoms with Gasteiger partial charge in [0.05, 0.1) is 11.7 Å². The zero-order chi connectivity index (χ0) is 25.8. The fourth-order valence-corrected chi connectivity index (χ4v) is 6.13. The molecule has 9 heteroatoms. The summed E-state index contributed by atoms with van der Waals surface area (Å²) in [6.45, 7) is 8.51. The molecule has 1 saturated carbocycles. The van der Waals surface area contributed by atoms with Crippen molar-refractivity contribution in [2.24, 2.45) is 0 Å². The number of likely N-dealkylation sites (N-methyl/N-ethyl adjacent to an activating group) is 1. The van der Waals surface area contributed by atoms with E-state index in [1.165, 1.54) is 0 Å². The summed E-state index contributed by atoms with van der Waals surface area (Å²) in [7, 11) is 1.79. The van der Waals surface area contributed by atoms with Gasteiger partial charge in [-0.05, 0) is 75.6 Å². The third-order valence-corrected chi connectivity index (χ3v) is 8.07. The van der Waals surface area contributed by atoms with E-state index < -0.39 is 5.60 Å². The molecule has 1 aliphatic carbocycles. The molecule has 3 heterocycles. The standard InChI is InChI=1S/C27H31ClN4O3S/c1-15-29-23(19-9-11-36-24(19)30-15)21-13-20(21)18-7-6-16(12-22(18)28)25(33)31(5)17-8-10-32(14-17)26(34)35-27(2,3)4/h6-7,9,11-12,17,20-21H,8,10,13-14H2,1-5H3/t17-,20?,21?/m0/s1. The fourth-order valence-electron chi connectivity index (χ4n) is 4.99. The molecule has 2 amide bonds. The maximum atomic E-state index is 13.2. The summed E-state index contributed by atoms with van der Waals surface area (Å²) in [5.74, 6) is 1.29. The predicted molar refractivity (Wildman–Crippen MR) is 142 cm³/mol. The van der Waals surface area contributed by atoms with Crippen LogP contribution in [-0.4, -0.2) is 63.5 Å². The lowest BCUT2D eigenvalue weighted by molar-refractivity contribution is 0.0279. The number of benzene rings is 1. The number of rotatable bonds is 4. The van der Waals surface area contributed by atoms with Gasteiger partial charge in [0.15, 0.2) is 0 Å². The number of hydrogen-bond acceptors (Lipinski definition) is 6. The lowest BCUT2D eigenvalue weighted by atomic mass is 10.0. The van der Waals surface area contributed by atoms with Gasteiger partial charge in [-0.25, -0.2) is 14.8 Å². The molecule has 36 heavy (non-hydrogen) atoms. The highest BCUT2D eigenvalue weighted by molar-refractivity contribution is 7.16. The molecular formula is C27H31ClN4O3S. The van der Waals surface area contributed by atoms with Crippen LogP contribution in [0.15, 0.2) is 29.6 Å². The molecule has 2 fully saturated rings. The molecule has 1 aromatic carbocycles. The van der Waals surface area contributed by atoms with E-state index in [-0.39, 0.29) is 24.0 Å². The van der Waals surface area contributed by atoms with E-state index in [2.05, 4.69) is 16.4 Å². The van der Waals surface area contributed by atoms with Gasteiger partial charge in [-0.1, -0.05) is 17.7 Å². The van der Waals surface area contributed by atoms with Crippen LogP contribution in [0.2, 0.25) is 5.02 Å². The van der Waals surface area contributed by atoms with Gasteiger partial charge in [-0.15, -0.1) is 11.3 Å². The van der Waals surface area contributed by atoms with Gasteiger partial charge in [-0.3, -0.25) is 4.79 Å². The molecule has 2 unspecified atom stereocenters. The molecule has 0 radical (unpaired) electrons. The van der Waals surface area contributed by atoms with Gasteiger partial charge in [0, 0.05) is 42.0 Å². The number of aryl methyl sites for hydroxylation is 1. The first-order valence-electron chi connectivity index (χ1n) is 12.3. The number of hydrogen-bond donors (Lipinski definition) is 0. The first kappa shape index (κ1) is 25.0. The molecule has 2 aliphatic rings. The minimum Gasteiger partial charge on any atom is -0.444 e. The first-order chi connectivity index (χ1) is 17.0. The Morgan fingerprint density at radius 3 is 2.69 bits per heavy atom. The Bertz CT molecular complexity index is 1330. The number of amides is 2. The average molecular weight is 527 g/mol. The number of thiophene rings is 1. The zero-order valence-corrected chi connectivity index (χ0v) is 22.8. The molecule has 5 rings (SSSR count). The lowest BCUT2D eigenvalue weighted by Crippen LogP contribution is -2.41. The summed E-state index contributed by atoms with van der Waals surface area (Å²) in [4.78, 5) is 39.3. The second kappa shape index (κ2) is 9.30. The summed E-state index contributed by atoms with van der Waals surface area (Å²) >= 11 is 8.34. The van der Waals surface area contributed by atoms with E-state index >= 15 is 0 Å². The van der Waals surface area contributed by atoms with Crippen LogP contribution in [0.3, 0.4) is 0 Å². The average Bonchev–Trinajstić information content (AvgIpc) is 3.19. The number of halogens is 1. The Labute approximate surface area is 220 Å². The van der Waals surface area contributed by atoms with Crippen LogP contribution >= 0.6 is 22.9 Å². The third kappa shape index (κ3) is 4.93. The van der Waals surface area contributed by atoms with E-state index in [1.54, 1.807) is 34.3 Å². The van der Waals surface area contributed by atoms with Crippen molar-refractivity contribution >= 4 is 45.2 Å². The molecule has 7 nitrogen and oxygen atoms in total. The highest BCUT2D eigenvalue weighted by atomic mass is 35.5. The number of carbonyl (C=O) groups excluding carboxylic acids is 2. The number of fused-ring (bicyclic) bond motifs is 1. The summed E-state index contributed by atoms with van der Waals surface area (Å²) in [6, 6.07) is 7.65. The van der Waals surface area contributed by atoms with Gasteiger partial charge in [-0.2, -0.15) is 0 Å². The molecule has 1 aliphatic heterocycles. The maximum Gasteiger partial charge on any atom is 0.410 e. The van der Waals surface area contributed by atoms with Gasteiger partial charge < -0.3 is 14.5 Å². The van der Waals surface area contributed by atoms with Crippen molar-refractivity contribution in [3.63, 3.8) is 0 Å². The monoisotopic (exact) mass is 526 g/mol. The van der Waals surface area contributed by atoms with Gasteiger partial charge in [0.25, 0.3) is 5.91 Å². The predicted octanol–water partition coefficient (Wildman–Crippen LogP) is 6.01. The first-order valence-corrected chi connectivity index (χ1v) is 13.5. The highest BCUT2D eigenvalue weighted by Gasteiger charge is 2.43. The van der Waals surface area contributed by atoms with Crippen molar-refractivity contribution < 1.29 is 14.3 Å². The maximum absolute atomic E-state index is 13.2. The normalized spacial score (nSPS) is 21.6. The second-order valence-electron chi connectivity index (χ2n) is 10.8. The number of ether oxygens (including phenoxy) is 1. The third-order valence-electron chi connectivity index (χ3n) is 6.94. The van der Waals surface area contributed by atoms with Crippen molar-refractivity contribution in [1.29, 1.82) is 0 Å².